The molecule has 0 saturated carbocycles. The summed E-state index contributed by atoms with van der Waals surface area (Å²) in [6, 6.07) is 21.0. The lowest BCUT2D eigenvalue weighted by Gasteiger charge is -2.11. The van der Waals surface area contributed by atoms with Gasteiger partial charge in [0.2, 0.25) is 0 Å². The van der Waals surface area contributed by atoms with Crippen LogP contribution in [-0.2, 0) is 6.54 Å². The molecule has 31 heavy (non-hydrogen) atoms. The zero-order valence-electron chi connectivity index (χ0n) is 17.2. The molecule has 0 spiro atoms. The van der Waals surface area contributed by atoms with Crippen molar-refractivity contribution in [2.24, 2.45) is 0 Å². The van der Waals surface area contributed by atoms with Crippen LogP contribution in [0.1, 0.15) is 11.3 Å². The van der Waals surface area contributed by atoms with Gasteiger partial charge in [-0.1, -0.05) is 30.3 Å². The van der Waals surface area contributed by atoms with Gasteiger partial charge in [-0.15, -0.1) is 0 Å². The standard InChI is InChI=1S/C26H21N5/c1-18-14-21(8-10-28-18)20-4-2-19(3-5-20)16-31-26-24-7-6-23(15-22(24)9-11-30-26)25-17-27-12-13-29-25/h2-15,17H,16H2,1H3,(H,30,31). The number of anilines is 1. The predicted molar refractivity (Wildman–Crippen MR) is 125 cm³/mol. The fourth-order valence-electron chi connectivity index (χ4n) is 3.65. The molecule has 0 unspecified atom stereocenters. The van der Waals surface area contributed by atoms with E-state index in [0.29, 0.717) is 6.54 Å². The summed E-state index contributed by atoms with van der Waals surface area (Å²) >= 11 is 0. The van der Waals surface area contributed by atoms with Crippen LogP contribution in [-0.4, -0.2) is 19.9 Å². The quantitative estimate of drug-likeness (QED) is 0.409. The first kappa shape index (κ1) is 18.9. The lowest BCUT2D eigenvalue weighted by Crippen LogP contribution is -2.02. The fraction of sp³-hybridized carbons (Fsp3) is 0.0769. The molecule has 2 aromatic carbocycles. The van der Waals surface area contributed by atoms with Gasteiger partial charge in [0, 0.05) is 48.0 Å². The third-order valence-electron chi connectivity index (χ3n) is 5.27. The number of rotatable bonds is 5. The van der Waals surface area contributed by atoms with E-state index in [4.69, 9.17) is 0 Å². The molecule has 3 aromatic heterocycles. The van der Waals surface area contributed by atoms with E-state index in [2.05, 4.69) is 73.8 Å². The topological polar surface area (TPSA) is 63.6 Å². The van der Waals surface area contributed by atoms with Crippen LogP contribution in [0.3, 0.4) is 0 Å². The van der Waals surface area contributed by atoms with Crippen molar-refractivity contribution in [3.05, 3.63) is 103 Å². The van der Waals surface area contributed by atoms with E-state index < -0.39 is 0 Å². The molecule has 5 rings (SSSR count). The average Bonchev–Trinajstić information content (AvgIpc) is 2.83. The van der Waals surface area contributed by atoms with Gasteiger partial charge in [-0.2, -0.15) is 0 Å². The van der Waals surface area contributed by atoms with Crippen LogP contribution in [0.2, 0.25) is 0 Å². The maximum atomic E-state index is 4.55. The van der Waals surface area contributed by atoms with Gasteiger partial charge in [-0.3, -0.25) is 15.0 Å². The normalized spacial score (nSPS) is 10.9. The second-order valence-corrected chi connectivity index (χ2v) is 7.42. The molecular formula is C26H21N5. The Bertz CT molecular complexity index is 1330. The van der Waals surface area contributed by atoms with Crippen LogP contribution in [0.5, 0.6) is 0 Å². The van der Waals surface area contributed by atoms with Crippen molar-refractivity contribution in [1.82, 2.24) is 19.9 Å². The average molecular weight is 403 g/mol. The summed E-state index contributed by atoms with van der Waals surface area (Å²) in [5, 5.41) is 5.68. The Morgan fingerprint density at radius 3 is 2.35 bits per heavy atom. The van der Waals surface area contributed by atoms with Crippen molar-refractivity contribution >= 4 is 16.6 Å². The van der Waals surface area contributed by atoms with E-state index in [0.717, 1.165) is 33.5 Å². The highest BCUT2D eigenvalue weighted by molar-refractivity contribution is 5.94. The highest BCUT2D eigenvalue weighted by Gasteiger charge is 2.06. The van der Waals surface area contributed by atoms with Crippen molar-refractivity contribution in [1.29, 1.82) is 0 Å². The molecule has 0 saturated heterocycles. The lowest BCUT2D eigenvalue weighted by atomic mass is 10.0. The summed E-state index contributed by atoms with van der Waals surface area (Å²) in [4.78, 5) is 17.4. The zero-order chi connectivity index (χ0) is 21.0. The Morgan fingerprint density at radius 2 is 1.55 bits per heavy atom. The zero-order valence-corrected chi connectivity index (χ0v) is 17.2. The molecule has 1 N–H and O–H groups in total. The first-order valence-corrected chi connectivity index (χ1v) is 10.2. The molecule has 0 radical (unpaired) electrons. The third kappa shape index (κ3) is 4.12. The fourth-order valence-corrected chi connectivity index (χ4v) is 3.65. The van der Waals surface area contributed by atoms with E-state index in [-0.39, 0.29) is 0 Å². The van der Waals surface area contributed by atoms with Gasteiger partial charge in [-0.05, 0) is 59.3 Å². The minimum atomic E-state index is 0.702. The van der Waals surface area contributed by atoms with Crippen LogP contribution in [0.25, 0.3) is 33.2 Å². The molecule has 5 aromatic rings. The Hall–Kier alpha value is -4.12. The molecule has 5 heteroatoms. The summed E-state index contributed by atoms with van der Waals surface area (Å²) in [7, 11) is 0. The molecule has 5 nitrogen and oxygen atoms in total. The number of fused-ring (bicyclic) bond motifs is 1. The summed E-state index contributed by atoms with van der Waals surface area (Å²) in [5.41, 5.74) is 6.49. The summed E-state index contributed by atoms with van der Waals surface area (Å²) in [6.45, 7) is 2.71. The maximum absolute atomic E-state index is 4.55. The van der Waals surface area contributed by atoms with Gasteiger partial charge in [0.1, 0.15) is 5.82 Å². The lowest BCUT2D eigenvalue weighted by molar-refractivity contribution is 1.12. The SMILES string of the molecule is Cc1cc(-c2ccc(CNc3nccc4cc(-c5cnccn5)ccc34)cc2)ccn1. The Balaban J connectivity index is 1.35. The van der Waals surface area contributed by atoms with Crippen LogP contribution in [0.15, 0.2) is 91.6 Å². The van der Waals surface area contributed by atoms with Crippen LogP contribution in [0, 0.1) is 6.92 Å². The van der Waals surface area contributed by atoms with Crippen LogP contribution >= 0.6 is 0 Å². The van der Waals surface area contributed by atoms with Gasteiger partial charge in [0.15, 0.2) is 0 Å². The smallest absolute Gasteiger partial charge is 0.134 e. The second kappa shape index (κ2) is 8.32. The molecule has 0 amide bonds. The number of pyridine rings is 2. The minimum absolute atomic E-state index is 0.702. The van der Waals surface area contributed by atoms with E-state index in [9.17, 15) is 0 Å². The summed E-state index contributed by atoms with van der Waals surface area (Å²) in [6.07, 6.45) is 8.85. The van der Waals surface area contributed by atoms with E-state index in [1.54, 1.807) is 18.6 Å². The summed E-state index contributed by atoms with van der Waals surface area (Å²) in [5.74, 6) is 0.872. The van der Waals surface area contributed by atoms with Crippen molar-refractivity contribution in [3.63, 3.8) is 0 Å². The minimum Gasteiger partial charge on any atom is -0.365 e. The second-order valence-electron chi connectivity index (χ2n) is 7.42. The molecule has 3 heterocycles. The van der Waals surface area contributed by atoms with Gasteiger partial charge in [0.05, 0.1) is 11.9 Å². The highest BCUT2D eigenvalue weighted by Crippen LogP contribution is 2.27. The number of hydrogen-bond acceptors (Lipinski definition) is 5. The van der Waals surface area contributed by atoms with Crippen molar-refractivity contribution in [2.75, 3.05) is 5.32 Å². The Morgan fingerprint density at radius 1 is 0.710 bits per heavy atom. The first-order chi connectivity index (χ1) is 15.3. The van der Waals surface area contributed by atoms with E-state index >= 15 is 0 Å². The molecule has 0 aliphatic heterocycles. The number of hydrogen-bond donors (Lipinski definition) is 1. The molecule has 0 atom stereocenters. The van der Waals surface area contributed by atoms with Gasteiger partial charge in [-0.25, -0.2) is 4.98 Å². The van der Waals surface area contributed by atoms with E-state index in [1.807, 2.05) is 31.5 Å². The largest absolute Gasteiger partial charge is 0.365 e. The molecule has 0 bridgehead atoms. The molecule has 0 aliphatic carbocycles. The summed E-state index contributed by atoms with van der Waals surface area (Å²) < 4.78 is 0. The Kier molecular flexibility index (Phi) is 5.07. The van der Waals surface area contributed by atoms with E-state index in [1.165, 1.54) is 16.7 Å². The van der Waals surface area contributed by atoms with Crippen LogP contribution in [0.4, 0.5) is 5.82 Å². The molecule has 0 aliphatic rings. The Labute approximate surface area is 180 Å². The number of aromatic nitrogens is 4. The maximum Gasteiger partial charge on any atom is 0.134 e. The van der Waals surface area contributed by atoms with Gasteiger partial charge >= 0.3 is 0 Å². The van der Waals surface area contributed by atoms with Crippen molar-refractivity contribution in [3.8, 4) is 22.4 Å². The van der Waals surface area contributed by atoms with Crippen LogP contribution < -0.4 is 5.32 Å². The molecule has 150 valence electrons. The molecule has 0 fully saturated rings. The number of nitrogens with one attached hydrogen (secondary N) is 1. The van der Waals surface area contributed by atoms with Crippen molar-refractivity contribution in [2.45, 2.75) is 13.5 Å². The third-order valence-corrected chi connectivity index (χ3v) is 5.27. The number of nitrogens with zero attached hydrogens (tertiary/aromatic N) is 4. The monoisotopic (exact) mass is 403 g/mol. The molecular weight excluding hydrogens is 382 g/mol. The van der Waals surface area contributed by atoms with Gasteiger partial charge in [0.25, 0.3) is 0 Å². The highest BCUT2D eigenvalue weighted by atomic mass is 15.0. The number of benzene rings is 2. The number of aryl methyl sites for hydroxylation is 1. The van der Waals surface area contributed by atoms with Gasteiger partial charge < -0.3 is 5.32 Å². The predicted octanol–water partition coefficient (Wildman–Crippen LogP) is 5.67. The first-order valence-electron chi connectivity index (χ1n) is 10.2. The van der Waals surface area contributed by atoms with Crippen molar-refractivity contribution < 1.29 is 0 Å².